The molecule has 0 aliphatic carbocycles. The van der Waals surface area contributed by atoms with Crippen molar-refractivity contribution in [1.82, 2.24) is 4.90 Å². The summed E-state index contributed by atoms with van der Waals surface area (Å²) in [6.07, 6.45) is 3.51. The summed E-state index contributed by atoms with van der Waals surface area (Å²) in [6, 6.07) is 0.416. The van der Waals surface area contributed by atoms with Gasteiger partial charge in [0.05, 0.1) is 12.2 Å². The van der Waals surface area contributed by atoms with Crippen LogP contribution in [0.25, 0.3) is 0 Å². The third kappa shape index (κ3) is 4.84. The van der Waals surface area contributed by atoms with Gasteiger partial charge in [0.25, 0.3) is 0 Å². The summed E-state index contributed by atoms with van der Waals surface area (Å²) >= 11 is 0. The van der Waals surface area contributed by atoms with Gasteiger partial charge in [0.1, 0.15) is 0 Å². The molecule has 0 aromatic heterocycles. The molecule has 0 spiro atoms. The number of hydrogen-bond acceptors (Lipinski definition) is 4. The maximum atomic E-state index is 5.96. The molecule has 4 nitrogen and oxygen atoms in total. The van der Waals surface area contributed by atoms with Crippen LogP contribution >= 0.6 is 0 Å². The summed E-state index contributed by atoms with van der Waals surface area (Å²) in [5.74, 6) is 0.656. The minimum Gasteiger partial charge on any atom is -0.384 e. The third-order valence-corrected chi connectivity index (χ3v) is 4.02. The van der Waals surface area contributed by atoms with E-state index in [1.165, 1.54) is 12.8 Å². The van der Waals surface area contributed by atoms with E-state index in [-0.39, 0.29) is 5.60 Å². The predicted octanol–water partition coefficient (Wildman–Crippen LogP) is 1.49. The number of piperidine rings is 1. The van der Waals surface area contributed by atoms with Gasteiger partial charge in [0.2, 0.25) is 0 Å². The van der Waals surface area contributed by atoms with Crippen molar-refractivity contribution in [2.75, 3.05) is 40.5 Å². The molecule has 0 bridgehead atoms. The van der Waals surface area contributed by atoms with Crippen LogP contribution in [0.1, 0.15) is 33.1 Å². The Labute approximate surface area is 112 Å². The zero-order valence-corrected chi connectivity index (χ0v) is 12.4. The van der Waals surface area contributed by atoms with Crippen molar-refractivity contribution < 1.29 is 9.47 Å². The van der Waals surface area contributed by atoms with E-state index in [1.807, 2.05) is 0 Å². The lowest BCUT2D eigenvalue weighted by Crippen LogP contribution is -2.49. The van der Waals surface area contributed by atoms with Crippen LogP contribution in [-0.2, 0) is 9.47 Å². The van der Waals surface area contributed by atoms with Crippen LogP contribution < -0.4 is 5.73 Å². The van der Waals surface area contributed by atoms with E-state index >= 15 is 0 Å². The molecule has 2 N–H and O–H groups in total. The molecule has 1 rings (SSSR count). The Morgan fingerprint density at radius 2 is 2.11 bits per heavy atom. The van der Waals surface area contributed by atoms with Crippen molar-refractivity contribution in [3.8, 4) is 0 Å². The van der Waals surface area contributed by atoms with Gasteiger partial charge in [-0.15, -0.1) is 0 Å². The van der Waals surface area contributed by atoms with E-state index < -0.39 is 0 Å². The summed E-state index contributed by atoms with van der Waals surface area (Å²) in [7, 11) is 3.56. The Morgan fingerprint density at radius 3 is 2.67 bits per heavy atom. The molecule has 0 aromatic rings. The SMILES string of the molecule is COCC1CCCN(C(CN)CC(C)(C)OC)C1. The minimum absolute atomic E-state index is 0.0990. The average Bonchev–Trinajstić information content (AvgIpc) is 2.37. The van der Waals surface area contributed by atoms with Gasteiger partial charge < -0.3 is 15.2 Å². The summed E-state index contributed by atoms with van der Waals surface area (Å²) in [6.45, 7) is 8.09. The Hall–Kier alpha value is -0.160. The number of rotatable bonds is 7. The van der Waals surface area contributed by atoms with Crippen molar-refractivity contribution in [1.29, 1.82) is 0 Å². The van der Waals surface area contributed by atoms with Crippen LogP contribution in [0.3, 0.4) is 0 Å². The van der Waals surface area contributed by atoms with Gasteiger partial charge in [0, 0.05) is 33.4 Å². The van der Waals surface area contributed by atoms with Crippen molar-refractivity contribution in [3.63, 3.8) is 0 Å². The van der Waals surface area contributed by atoms with Crippen molar-refractivity contribution >= 4 is 0 Å². The van der Waals surface area contributed by atoms with Gasteiger partial charge in [-0.05, 0) is 45.6 Å². The lowest BCUT2D eigenvalue weighted by molar-refractivity contribution is -0.0170. The van der Waals surface area contributed by atoms with Gasteiger partial charge in [-0.3, -0.25) is 4.90 Å². The van der Waals surface area contributed by atoms with Crippen molar-refractivity contribution in [2.45, 2.75) is 44.8 Å². The van der Waals surface area contributed by atoms with E-state index in [1.54, 1.807) is 14.2 Å². The lowest BCUT2D eigenvalue weighted by Gasteiger charge is -2.40. The molecule has 1 heterocycles. The second kappa shape index (κ2) is 7.43. The summed E-state index contributed by atoms with van der Waals surface area (Å²) in [4.78, 5) is 2.52. The first-order valence-corrected chi connectivity index (χ1v) is 7.00. The van der Waals surface area contributed by atoms with Crippen LogP contribution in [0.4, 0.5) is 0 Å². The van der Waals surface area contributed by atoms with Crippen molar-refractivity contribution in [2.24, 2.45) is 11.7 Å². The smallest absolute Gasteiger partial charge is 0.0638 e. The number of nitrogens with zero attached hydrogens (tertiary/aromatic N) is 1. The molecule has 0 radical (unpaired) electrons. The highest BCUT2D eigenvalue weighted by atomic mass is 16.5. The Bertz CT molecular complexity index is 232. The normalized spacial score (nSPS) is 24.2. The molecule has 0 amide bonds. The number of likely N-dealkylation sites (tertiary alicyclic amines) is 1. The highest BCUT2D eigenvalue weighted by molar-refractivity contribution is 4.84. The zero-order chi connectivity index (χ0) is 13.6. The third-order valence-electron chi connectivity index (χ3n) is 4.02. The molecular weight excluding hydrogens is 228 g/mol. The fourth-order valence-corrected chi connectivity index (χ4v) is 2.81. The highest BCUT2D eigenvalue weighted by Crippen LogP contribution is 2.24. The monoisotopic (exact) mass is 258 g/mol. The summed E-state index contributed by atoms with van der Waals surface area (Å²) in [5.41, 5.74) is 5.86. The van der Waals surface area contributed by atoms with E-state index in [2.05, 4.69) is 18.7 Å². The maximum Gasteiger partial charge on any atom is 0.0638 e. The molecule has 1 aliphatic heterocycles. The largest absolute Gasteiger partial charge is 0.384 e. The zero-order valence-electron chi connectivity index (χ0n) is 12.4. The molecule has 1 fully saturated rings. The Kier molecular flexibility index (Phi) is 6.57. The van der Waals surface area contributed by atoms with Crippen LogP contribution in [0.5, 0.6) is 0 Å². The second-order valence-electron chi connectivity index (χ2n) is 6.02. The molecule has 2 atom stereocenters. The lowest BCUT2D eigenvalue weighted by atomic mass is 9.93. The van der Waals surface area contributed by atoms with Crippen LogP contribution in [-0.4, -0.2) is 57.0 Å². The molecule has 108 valence electrons. The molecular formula is C14H30N2O2. The first-order valence-electron chi connectivity index (χ1n) is 7.00. The molecule has 0 aromatic carbocycles. The number of methoxy groups -OCH3 is 2. The molecule has 4 heteroatoms. The van der Waals surface area contributed by atoms with Crippen molar-refractivity contribution in [3.05, 3.63) is 0 Å². The number of hydrogen-bond donors (Lipinski definition) is 1. The first-order chi connectivity index (χ1) is 8.52. The average molecular weight is 258 g/mol. The van der Waals surface area contributed by atoms with Gasteiger partial charge in [0.15, 0.2) is 0 Å². The number of nitrogens with two attached hydrogens (primary N) is 1. The van der Waals surface area contributed by atoms with Gasteiger partial charge in [-0.25, -0.2) is 0 Å². The summed E-state index contributed by atoms with van der Waals surface area (Å²) < 4.78 is 10.8. The van der Waals surface area contributed by atoms with E-state index in [9.17, 15) is 0 Å². The van der Waals surface area contributed by atoms with Gasteiger partial charge in [-0.1, -0.05) is 0 Å². The molecule has 18 heavy (non-hydrogen) atoms. The molecule has 1 aliphatic rings. The topological polar surface area (TPSA) is 47.7 Å². The molecule has 0 saturated carbocycles. The fourth-order valence-electron chi connectivity index (χ4n) is 2.81. The fraction of sp³-hybridized carbons (Fsp3) is 1.00. The van der Waals surface area contributed by atoms with E-state index in [0.29, 0.717) is 18.5 Å². The predicted molar refractivity (Wildman–Crippen MR) is 74.7 cm³/mol. The Balaban J connectivity index is 2.53. The van der Waals surface area contributed by atoms with Gasteiger partial charge in [-0.2, -0.15) is 0 Å². The maximum absolute atomic E-state index is 5.96. The van der Waals surface area contributed by atoms with Crippen LogP contribution in [0.2, 0.25) is 0 Å². The highest BCUT2D eigenvalue weighted by Gasteiger charge is 2.29. The van der Waals surface area contributed by atoms with Crippen LogP contribution in [0, 0.1) is 5.92 Å². The number of ether oxygens (including phenoxy) is 2. The van der Waals surface area contributed by atoms with E-state index in [4.69, 9.17) is 15.2 Å². The molecule has 1 saturated heterocycles. The minimum atomic E-state index is -0.0990. The first kappa shape index (κ1) is 15.9. The molecule has 2 unspecified atom stereocenters. The standard InChI is InChI=1S/C14H30N2O2/c1-14(2,18-4)8-13(9-15)16-7-5-6-12(10-16)11-17-3/h12-13H,5-11,15H2,1-4H3. The second-order valence-corrected chi connectivity index (χ2v) is 6.02. The van der Waals surface area contributed by atoms with E-state index in [0.717, 1.165) is 26.1 Å². The quantitative estimate of drug-likeness (QED) is 0.751. The van der Waals surface area contributed by atoms with Gasteiger partial charge >= 0.3 is 0 Å². The van der Waals surface area contributed by atoms with Crippen LogP contribution in [0.15, 0.2) is 0 Å². The Morgan fingerprint density at radius 1 is 1.39 bits per heavy atom. The summed E-state index contributed by atoms with van der Waals surface area (Å²) in [5, 5.41) is 0.